The lowest BCUT2D eigenvalue weighted by atomic mass is 10.2. The van der Waals surface area contributed by atoms with Gasteiger partial charge in [0.2, 0.25) is 0 Å². The van der Waals surface area contributed by atoms with Crippen molar-refractivity contribution in [2.45, 2.75) is 33.0 Å². The number of benzene rings is 2. The zero-order chi connectivity index (χ0) is 21.6. The summed E-state index contributed by atoms with van der Waals surface area (Å²) in [5, 5.41) is 13.4. The Kier molecular flexibility index (Phi) is 7.13. The number of methoxy groups -OCH3 is 1. The predicted octanol–water partition coefficient (Wildman–Crippen LogP) is 3.25. The first kappa shape index (κ1) is 21.7. The average molecular weight is 402 g/mol. The van der Waals surface area contributed by atoms with E-state index in [-0.39, 0.29) is 17.1 Å². The zero-order valence-electron chi connectivity index (χ0n) is 16.5. The summed E-state index contributed by atoms with van der Waals surface area (Å²) in [5.41, 5.74) is 0.853. The number of carbonyl (C=O) groups excluding carboxylic acids is 2. The molecule has 0 aliphatic heterocycles. The summed E-state index contributed by atoms with van der Waals surface area (Å²) in [6.07, 6.45) is -2.09. The maximum atomic E-state index is 12.4. The maximum Gasteiger partial charge on any atom is 0.347 e. The first-order valence-electron chi connectivity index (χ1n) is 8.78. The van der Waals surface area contributed by atoms with E-state index in [0.29, 0.717) is 5.75 Å². The summed E-state index contributed by atoms with van der Waals surface area (Å²) < 4.78 is 15.8. The summed E-state index contributed by atoms with van der Waals surface area (Å²) in [7, 11) is 1.37. The Hall–Kier alpha value is -3.62. The number of non-ortho nitro benzene ring substituents is 1. The van der Waals surface area contributed by atoms with Crippen molar-refractivity contribution in [3.05, 3.63) is 58.1 Å². The molecule has 29 heavy (non-hydrogen) atoms. The smallest absolute Gasteiger partial charge is 0.347 e. The van der Waals surface area contributed by atoms with Crippen LogP contribution in [0.2, 0.25) is 0 Å². The van der Waals surface area contributed by atoms with Crippen molar-refractivity contribution in [1.29, 1.82) is 0 Å². The minimum Gasteiger partial charge on any atom is -0.495 e. The number of ether oxygens (including phenoxy) is 3. The molecule has 2 aromatic carbocycles. The van der Waals surface area contributed by atoms with Crippen molar-refractivity contribution >= 4 is 23.3 Å². The van der Waals surface area contributed by atoms with Gasteiger partial charge in [0.25, 0.3) is 11.6 Å². The number of rotatable bonds is 8. The largest absolute Gasteiger partial charge is 0.495 e. The second-order valence-corrected chi connectivity index (χ2v) is 6.29. The molecule has 1 amide bonds. The van der Waals surface area contributed by atoms with Gasteiger partial charge >= 0.3 is 5.97 Å². The minimum absolute atomic E-state index is 0.0960. The van der Waals surface area contributed by atoms with Crippen LogP contribution in [-0.2, 0) is 14.3 Å². The lowest BCUT2D eigenvalue weighted by molar-refractivity contribution is -0.384. The van der Waals surface area contributed by atoms with E-state index in [4.69, 9.17) is 14.2 Å². The average Bonchev–Trinajstić information content (AvgIpc) is 2.67. The number of hydrogen-bond acceptors (Lipinski definition) is 7. The molecule has 0 bridgehead atoms. The second-order valence-electron chi connectivity index (χ2n) is 6.29. The van der Waals surface area contributed by atoms with E-state index in [0.717, 1.165) is 11.6 Å². The van der Waals surface area contributed by atoms with Crippen molar-refractivity contribution in [2.24, 2.45) is 0 Å². The van der Waals surface area contributed by atoms with Crippen LogP contribution in [0.3, 0.4) is 0 Å². The van der Waals surface area contributed by atoms with Gasteiger partial charge in [-0.25, -0.2) is 4.79 Å². The van der Waals surface area contributed by atoms with Crippen LogP contribution in [0.5, 0.6) is 11.5 Å². The Morgan fingerprint density at radius 3 is 2.45 bits per heavy atom. The van der Waals surface area contributed by atoms with E-state index >= 15 is 0 Å². The molecule has 0 saturated carbocycles. The Bertz CT molecular complexity index is 913. The minimum atomic E-state index is -1.16. The highest BCUT2D eigenvalue weighted by Crippen LogP contribution is 2.29. The van der Waals surface area contributed by atoms with Crippen molar-refractivity contribution in [3.8, 4) is 11.5 Å². The number of nitrogens with zero attached hydrogens (tertiary/aromatic N) is 1. The van der Waals surface area contributed by atoms with Crippen LogP contribution in [0.15, 0.2) is 42.5 Å². The Morgan fingerprint density at radius 1 is 1.10 bits per heavy atom. The highest BCUT2D eigenvalue weighted by molar-refractivity contribution is 5.96. The number of aryl methyl sites for hydroxylation is 1. The molecule has 1 N–H and O–H groups in total. The van der Waals surface area contributed by atoms with Crippen LogP contribution in [0, 0.1) is 17.0 Å². The van der Waals surface area contributed by atoms with Crippen molar-refractivity contribution in [1.82, 2.24) is 0 Å². The number of carbonyl (C=O) groups is 2. The molecule has 9 heteroatoms. The summed E-state index contributed by atoms with van der Waals surface area (Å²) >= 11 is 0. The molecule has 0 unspecified atom stereocenters. The first-order chi connectivity index (χ1) is 13.7. The molecule has 0 aromatic heterocycles. The van der Waals surface area contributed by atoms with Gasteiger partial charge in [-0.05, 0) is 44.5 Å². The topological polar surface area (TPSA) is 117 Å². The third kappa shape index (κ3) is 5.93. The Labute approximate surface area is 167 Å². The Morgan fingerprint density at radius 2 is 1.83 bits per heavy atom. The number of nitro benzene ring substituents is 1. The number of nitro groups is 1. The van der Waals surface area contributed by atoms with Gasteiger partial charge in [-0.1, -0.05) is 12.1 Å². The van der Waals surface area contributed by atoms with Crippen LogP contribution in [0.4, 0.5) is 11.4 Å². The molecule has 0 aliphatic carbocycles. The maximum absolute atomic E-state index is 12.4. The van der Waals surface area contributed by atoms with Gasteiger partial charge in [-0.3, -0.25) is 14.9 Å². The molecular weight excluding hydrogens is 380 g/mol. The third-order valence-corrected chi connectivity index (χ3v) is 3.95. The monoisotopic (exact) mass is 402 g/mol. The van der Waals surface area contributed by atoms with Gasteiger partial charge < -0.3 is 19.5 Å². The molecule has 154 valence electrons. The fourth-order valence-electron chi connectivity index (χ4n) is 2.41. The molecule has 0 aliphatic rings. The van der Waals surface area contributed by atoms with E-state index in [1.807, 2.05) is 13.0 Å². The van der Waals surface area contributed by atoms with E-state index in [1.54, 1.807) is 18.2 Å². The van der Waals surface area contributed by atoms with Crippen LogP contribution in [0.25, 0.3) is 0 Å². The number of esters is 1. The van der Waals surface area contributed by atoms with Crippen LogP contribution >= 0.6 is 0 Å². The number of anilines is 1. The van der Waals surface area contributed by atoms with Gasteiger partial charge in [-0.2, -0.15) is 0 Å². The quantitative estimate of drug-likeness (QED) is 0.409. The molecular formula is C20H22N2O7. The summed E-state index contributed by atoms with van der Waals surface area (Å²) in [6.45, 7) is 4.79. The van der Waals surface area contributed by atoms with Gasteiger partial charge in [0.05, 0.1) is 17.7 Å². The summed E-state index contributed by atoms with van der Waals surface area (Å²) in [4.78, 5) is 34.9. The molecule has 0 radical (unpaired) electrons. The number of hydrogen-bond donors (Lipinski definition) is 1. The fourth-order valence-corrected chi connectivity index (χ4v) is 2.41. The molecule has 2 rings (SSSR count). The van der Waals surface area contributed by atoms with Gasteiger partial charge in [0.15, 0.2) is 12.2 Å². The summed E-state index contributed by atoms with van der Waals surface area (Å²) in [6, 6.07) is 10.9. The van der Waals surface area contributed by atoms with Crippen LogP contribution < -0.4 is 14.8 Å². The molecule has 2 atom stereocenters. The van der Waals surface area contributed by atoms with E-state index in [9.17, 15) is 19.7 Å². The molecule has 2 aromatic rings. The van der Waals surface area contributed by atoms with Gasteiger partial charge in [0.1, 0.15) is 11.5 Å². The second kappa shape index (κ2) is 9.54. The third-order valence-electron chi connectivity index (χ3n) is 3.95. The fraction of sp³-hybridized carbons (Fsp3) is 0.300. The van der Waals surface area contributed by atoms with E-state index in [2.05, 4.69) is 5.32 Å². The molecule has 0 fully saturated rings. The van der Waals surface area contributed by atoms with Crippen LogP contribution in [-0.4, -0.2) is 36.1 Å². The SMILES string of the molecule is COc1ccc([N+](=O)[O-])cc1NC(=O)[C@H](C)OC(=O)[C@H](C)Oc1cccc(C)c1. The number of nitrogens with one attached hydrogen (secondary N) is 1. The molecule has 0 spiro atoms. The first-order valence-corrected chi connectivity index (χ1v) is 8.78. The lowest BCUT2D eigenvalue weighted by Crippen LogP contribution is -2.35. The van der Waals surface area contributed by atoms with Crippen LogP contribution in [0.1, 0.15) is 19.4 Å². The van der Waals surface area contributed by atoms with E-state index in [1.165, 1.54) is 33.1 Å². The normalized spacial score (nSPS) is 12.4. The standard InChI is InChI=1S/C20H22N2O7/c1-12-6-5-7-16(10-12)28-14(3)20(24)29-13(2)19(23)21-17-11-15(22(25)26)8-9-18(17)27-4/h5-11,13-14H,1-4H3,(H,21,23)/t13-,14-/m0/s1. The van der Waals surface area contributed by atoms with Gasteiger partial charge in [-0.15, -0.1) is 0 Å². The molecule has 0 heterocycles. The molecule has 0 saturated heterocycles. The predicted molar refractivity (Wildman–Crippen MR) is 105 cm³/mol. The highest BCUT2D eigenvalue weighted by Gasteiger charge is 2.24. The molecule has 9 nitrogen and oxygen atoms in total. The Balaban J connectivity index is 2.00. The highest BCUT2D eigenvalue weighted by atomic mass is 16.6. The zero-order valence-corrected chi connectivity index (χ0v) is 16.5. The number of amides is 1. The van der Waals surface area contributed by atoms with Crippen molar-refractivity contribution < 1.29 is 28.7 Å². The van der Waals surface area contributed by atoms with Crippen molar-refractivity contribution in [3.63, 3.8) is 0 Å². The van der Waals surface area contributed by atoms with Gasteiger partial charge in [0, 0.05) is 12.1 Å². The summed E-state index contributed by atoms with van der Waals surface area (Å²) in [5.74, 6) is -0.647. The van der Waals surface area contributed by atoms with Crippen molar-refractivity contribution in [2.75, 3.05) is 12.4 Å². The lowest BCUT2D eigenvalue weighted by Gasteiger charge is -2.18. The van der Waals surface area contributed by atoms with E-state index < -0.39 is 29.0 Å².